The van der Waals surface area contributed by atoms with Crippen LogP contribution in [0.3, 0.4) is 0 Å². The Morgan fingerprint density at radius 2 is 1.87 bits per heavy atom. The van der Waals surface area contributed by atoms with E-state index in [4.69, 9.17) is 0 Å². The number of hydrogen-bond acceptors (Lipinski definition) is 2. The van der Waals surface area contributed by atoms with Crippen LogP contribution in [0.5, 0.6) is 0 Å². The van der Waals surface area contributed by atoms with Gasteiger partial charge in [-0.3, -0.25) is 9.59 Å². The van der Waals surface area contributed by atoms with Crippen molar-refractivity contribution in [3.63, 3.8) is 0 Å². The number of nitrogens with one attached hydrogen (secondary N) is 1. The lowest BCUT2D eigenvalue weighted by Gasteiger charge is -2.37. The molecule has 4 heteroatoms. The number of amides is 2. The Labute approximate surface area is 90.0 Å². The summed E-state index contributed by atoms with van der Waals surface area (Å²) in [6, 6.07) is 0. The molecular formula is C11H18N2O2. The van der Waals surface area contributed by atoms with Crippen LogP contribution in [0, 0.1) is 0 Å². The number of nitrogens with zero attached hydrogens (tertiary/aromatic N) is 1. The van der Waals surface area contributed by atoms with Crippen LogP contribution in [-0.2, 0) is 9.59 Å². The lowest BCUT2D eigenvalue weighted by Crippen LogP contribution is -2.57. The first-order valence-electron chi connectivity index (χ1n) is 5.71. The lowest BCUT2D eigenvalue weighted by atomic mass is 9.80. The van der Waals surface area contributed by atoms with Crippen LogP contribution in [0.15, 0.2) is 0 Å². The molecule has 84 valence electrons. The Kier molecular flexibility index (Phi) is 2.67. The SMILES string of the molecule is CN1CCC(=O)NC2(CCCCC2)C1=O. The van der Waals surface area contributed by atoms with E-state index in [9.17, 15) is 9.59 Å². The first-order chi connectivity index (χ1) is 7.14. The number of likely N-dealkylation sites (N-methyl/N-ethyl adjacent to an activating group) is 1. The minimum Gasteiger partial charge on any atom is -0.343 e. The Balaban J connectivity index is 2.24. The summed E-state index contributed by atoms with van der Waals surface area (Å²) in [4.78, 5) is 25.4. The van der Waals surface area contributed by atoms with Gasteiger partial charge < -0.3 is 10.2 Å². The van der Waals surface area contributed by atoms with Gasteiger partial charge in [-0.25, -0.2) is 0 Å². The van der Waals surface area contributed by atoms with Gasteiger partial charge in [-0.15, -0.1) is 0 Å². The van der Waals surface area contributed by atoms with E-state index in [1.54, 1.807) is 11.9 Å². The normalized spacial score (nSPS) is 26.3. The average molecular weight is 210 g/mol. The minimum atomic E-state index is -0.569. The quantitative estimate of drug-likeness (QED) is 0.639. The van der Waals surface area contributed by atoms with Crippen molar-refractivity contribution < 1.29 is 9.59 Å². The molecule has 1 aliphatic heterocycles. The maximum absolute atomic E-state index is 12.2. The maximum Gasteiger partial charge on any atom is 0.248 e. The molecule has 15 heavy (non-hydrogen) atoms. The summed E-state index contributed by atoms with van der Waals surface area (Å²) in [5.41, 5.74) is -0.569. The Hall–Kier alpha value is -1.06. The van der Waals surface area contributed by atoms with Gasteiger partial charge in [0, 0.05) is 20.0 Å². The highest BCUT2D eigenvalue weighted by Crippen LogP contribution is 2.31. The summed E-state index contributed by atoms with van der Waals surface area (Å²) < 4.78 is 0. The molecule has 4 nitrogen and oxygen atoms in total. The molecule has 0 bridgehead atoms. The molecule has 2 fully saturated rings. The van der Waals surface area contributed by atoms with E-state index in [1.165, 1.54) is 6.42 Å². The monoisotopic (exact) mass is 210 g/mol. The van der Waals surface area contributed by atoms with Gasteiger partial charge in [0.05, 0.1) is 0 Å². The summed E-state index contributed by atoms with van der Waals surface area (Å²) in [5, 5.41) is 2.94. The van der Waals surface area contributed by atoms with Gasteiger partial charge >= 0.3 is 0 Å². The Bertz CT molecular complexity index is 282. The van der Waals surface area contributed by atoms with Crippen molar-refractivity contribution in [1.82, 2.24) is 10.2 Å². The second kappa shape index (κ2) is 3.83. The fourth-order valence-corrected chi connectivity index (χ4v) is 2.61. The van der Waals surface area contributed by atoms with E-state index in [0.717, 1.165) is 25.7 Å². The van der Waals surface area contributed by atoms with Crippen molar-refractivity contribution in [2.24, 2.45) is 0 Å². The van der Waals surface area contributed by atoms with Crippen LogP contribution >= 0.6 is 0 Å². The lowest BCUT2D eigenvalue weighted by molar-refractivity contribution is -0.139. The van der Waals surface area contributed by atoms with Crippen LogP contribution in [0.4, 0.5) is 0 Å². The molecule has 0 aromatic carbocycles. The van der Waals surface area contributed by atoms with Crippen molar-refractivity contribution in [3.8, 4) is 0 Å². The van der Waals surface area contributed by atoms with Gasteiger partial charge in [0.25, 0.3) is 0 Å². The predicted octanol–water partition coefficient (Wildman–Crippen LogP) is 0.668. The zero-order valence-corrected chi connectivity index (χ0v) is 9.21. The van der Waals surface area contributed by atoms with Crippen LogP contribution in [0.1, 0.15) is 38.5 Å². The fraction of sp³-hybridized carbons (Fsp3) is 0.818. The van der Waals surface area contributed by atoms with Crippen molar-refractivity contribution in [2.45, 2.75) is 44.1 Å². The molecule has 2 rings (SSSR count). The van der Waals surface area contributed by atoms with E-state index in [0.29, 0.717) is 13.0 Å². The highest BCUT2D eigenvalue weighted by molar-refractivity contribution is 5.93. The third-order valence-electron chi connectivity index (χ3n) is 3.52. The average Bonchev–Trinajstić information content (AvgIpc) is 2.34. The van der Waals surface area contributed by atoms with Crippen molar-refractivity contribution >= 4 is 11.8 Å². The molecule has 0 aromatic rings. The van der Waals surface area contributed by atoms with Gasteiger partial charge in [-0.2, -0.15) is 0 Å². The first kappa shape index (κ1) is 10.5. The highest BCUT2D eigenvalue weighted by Gasteiger charge is 2.43. The van der Waals surface area contributed by atoms with E-state index in [2.05, 4.69) is 5.32 Å². The van der Waals surface area contributed by atoms with Crippen molar-refractivity contribution in [2.75, 3.05) is 13.6 Å². The van der Waals surface area contributed by atoms with Gasteiger partial charge in [-0.05, 0) is 12.8 Å². The van der Waals surface area contributed by atoms with Gasteiger partial charge in [-0.1, -0.05) is 19.3 Å². The van der Waals surface area contributed by atoms with Gasteiger partial charge in [0.15, 0.2) is 0 Å². The number of rotatable bonds is 0. The maximum atomic E-state index is 12.2. The van der Waals surface area contributed by atoms with Crippen molar-refractivity contribution in [1.29, 1.82) is 0 Å². The van der Waals surface area contributed by atoms with E-state index < -0.39 is 5.54 Å². The number of carbonyl (C=O) groups is 2. The molecule has 2 amide bonds. The Morgan fingerprint density at radius 3 is 2.53 bits per heavy atom. The summed E-state index contributed by atoms with van der Waals surface area (Å²) >= 11 is 0. The molecule has 1 saturated heterocycles. The number of carbonyl (C=O) groups excluding carboxylic acids is 2. The molecule has 1 N–H and O–H groups in total. The summed E-state index contributed by atoms with van der Waals surface area (Å²) in [6.45, 7) is 0.548. The third kappa shape index (κ3) is 1.85. The zero-order chi connectivity index (χ0) is 10.9. The molecule has 1 saturated carbocycles. The predicted molar refractivity (Wildman–Crippen MR) is 56.2 cm³/mol. The van der Waals surface area contributed by atoms with Crippen LogP contribution in [-0.4, -0.2) is 35.8 Å². The molecule has 0 unspecified atom stereocenters. The molecule has 1 heterocycles. The van der Waals surface area contributed by atoms with Crippen LogP contribution in [0.25, 0.3) is 0 Å². The Morgan fingerprint density at radius 1 is 1.20 bits per heavy atom. The van der Waals surface area contributed by atoms with Crippen LogP contribution < -0.4 is 5.32 Å². The summed E-state index contributed by atoms with van der Waals surface area (Å²) in [6.07, 6.45) is 5.31. The molecule has 1 aliphatic carbocycles. The van der Waals surface area contributed by atoms with Gasteiger partial charge in [0.1, 0.15) is 5.54 Å². The smallest absolute Gasteiger partial charge is 0.248 e. The number of hydrogen-bond donors (Lipinski definition) is 1. The molecule has 2 aliphatic rings. The van der Waals surface area contributed by atoms with Crippen LogP contribution in [0.2, 0.25) is 0 Å². The molecule has 1 spiro atoms. The molecule has 0 aromatic heterocycles. The molecule has 0 atom stereocenters. The first-order valence-corrected chi connectivity index (χ1v) is 5.71. The van der Waals surface area contributed by atoms with E-state index in [1.807, 2.05) is 0 Å². The second-order valence-corrected chi connectivity index (χ2v) is 4.67. The van der Waals surface area contributed by atoms with Gasteiger partial charge in [0.2, 0.25) is 11.8 Å². The topological polar surface area (TPSA) is 49.4 Å². The molecular weight excluding hydrogens is 192 g/mol. The van der Waals surface area contributed by atoms with E-state index in [-0.39, 0.29) is 11.8 Å². The highest BCUT2D eigenvalue weighted by atomic mass is 16.2. The largest absolute Gasteiger partial charge is 0.343 e. The summed E-state index contributed by atoms with van der Waals surface area (Å²) in [5.74, 6) is 0.127. The molecule has 0 radical (unpaired) electrons. The zero-order valence-electron chi connectivity index (χ0n) is 9.21. The van der Waals surface area contributed by atoms with E-state index >= 15 is 0 Å². The summed E-state index contributed by atoms with van der Waals surface area (Å²) in [7, 11) is 1.79. The third-order valence-corrected chi connectivity index (χ3v) is 3.52. The fourth-order valence-electron chi connectivity index (χ4n) is 2.61. The van der Waals surface area contributed by atoms with Crippen molar-refractivity contribution in [3.05, 3.63) is 0 Å². The second-order valence-electron chi connectivity index (χ2n) is 4.67. The minimum absolute atomic E-state index is 0.0228. The standard InChI is InChI=1S/C11H18N2O2/c1-13-8-5-9(14)12-11(10(13)15)6-3-2-4-7-11/h2-8H2,1H3,(H,12,14).